The number of nitrogens with zero attached hydrogens (tertiary/aromatic N) is 3. The van der Waals surface area contributed by atoms with E-state index in [1.54, 1.807) is 37.3 Å². The van der Waals surface area contributed by atoms with Gasteiger partial charge in [-0.2, -0.15) is 0 Å². The highest BCUT2D eigenvalue weighted by atomic mass is 32.1. The second kappa shape index (κ2) is 8.24. The zero-order valence-electron chi connectivity index (χ0n) is 17.1. The van der Waals surface area contributed by atoms with Gasteiger partial charge in [-0.05, 0) is 37.3 Å². The first-order chi connectivity index (χ1) is 15.6. The summed E-state index contributed by atoms with van der Waals surface area (Å²) < 4.78 is 7.71. The number of ether oxygens (including phenoxy) is 1. The minimum Gasteiger partial charge on any atom is -0.462 e. The van der Waals surface area contributed by atoms with E-state index in [4.69, 9.17) is 4.74 Å². The summed E-state index contributed by atoms with van der Waals surface area (Å²) in [6, 6.07) is 18.5. The molecule has 1 amide bonds. The second-order valence-electron chi connectivity index (χ2n) is 7.05. The van der Waals surface area contributed by atoms with Crippen molar-refractivity contribution in [2.24, 2.45) is 0 Å². The van der Waals surface area contributed by atoms with Gasteiger partial charge in [-0.1, -0.05) is 41.7 Å². The summed E-state index contributed by atoms with van der Waals surface area (Å²) in [5.74, 6) is -0.655. The van der Waals surface area contributed by atoms with E-state index in [9.17, 15) is 9.59 Å². The van der Waals surface area contributed by atoms with Crippen LogP contribution in [0.1, 0.15) is 27.6 Å². The van der Waals surface area contributed by atoms with Crippen LogP contribution in [0, 0.1) is 0 Å². The third kappa shape index (κ3) is 3.83. The number of hydrogen-bond donors (Lipinski definition) is 1. The van der Waals surface area contributed by atoms with Crippen LogP contribution in [0.15, 0.2) is 73.1 Å². The molecule has 3 aromatic heterocycles. The number of carbonyl (C=O) groups excluding carboxylic acids is 2. The zero-order valence-corrected chi connectivity index (χ0v) is 17.9. The van der Waals surface area contributed by atoms with Crippen LogP contribution in [-0.4, -0.2) is 32.9 Å². The average Bonchev–Trinajstić information content (AvgIpc) is 3.42. The van der Waals surface area contributed by atoms with Crippen LogP contribution in [0.4, 0.5) is 5.13 Å². The van der Waals surface area contributed by atoms with Gasteiger partial charge in [-0.15, -0.1) is 0 Å². The molecule has 0 radical (unpaired) electrons. The van der Waals surface area contributed by atoms with Gasteiger partial charge in [-0.25, -0.2) is 14.8 Å². The van der Waals surface area contributed by atoms with Crippen LogP contribution in [-0.2, 0) is 4.74 Å². The summed E-state index contributed by atoms with van der Waals surface area (Å²) in [5.41, 5.74) is 4.18. The molecule has 1 N–H and O–H groups in total. The average molecular weight is 443 g/mol. The first-order valence-electron chi connectivity index (χ1n) is 10.0. The molecule has 0 unspecified atom stereocenters. The highest BCUT2D eigenvalue weighted by Crippen LogP contribution is 2.28. The van der Waals surface area contributed by atoms with Crippen molar-refractivity contribution < 1.29 is 14.3 Å². The quantitative estimate of drug-likeness (QED) is 0.386. The molecule has 5 aromatic rings. The van der Waals surface area contributed by atoms with Crippen molar-refractivity contribution in [1.29, 1.82) is 0 Å². The molecule has 3 heterocycles. The molecule has 32 heavy (non-hydrogen) atoms. The summed E-state index contributed by atoms with van der Waals surface area (Å²) in [6.07, 6.45) is 3.74. The summed E-state index contributed by atoms with van der Waals surface area (Å²) in [6.45, 7) is 2.08. The van der Waals surface area contributed by atoms with Gasteiger partial charge in [-0.3, -0.25) is 10.1 Å². The maximum Gasteiger partial charge on any atom is 0.338 e. The van der Waals surface area contributed by atoms with Gasteiger partial charge >= 0.3 is 5.97 Å². The standard InChI is InChI=1S/C24H18N4O3S/c1-2-31-23(30)17-8-9-18-20(12-17)32-24(26-18)27-22(29)16-10-11-28-14-19(25-21(28)13-16)15-6-4-3-5-7-15/h3-14H,2H2,1H3,(H,26,27,29). The van der Waals surface area contributed by atoms with Gasteiger partial charge in [0.25, 0.3) is 5.91 Å². The molecule has 0 aliphatic heterocycles. The first kappa shape index (κ1) is 19.9. The van der Waals surface area contributed by atoms with E-state index < -0.39 is 0 Å². The number of rotatable bonds is 5. The van der Waals surface area contributed by atoms with Crippen molar-refractivity contribution in [3.63, 3.8) is 0 Å². The summed E-state index contributed by atoms with van der Waals surface area (Å²) in [5, 5.41) is 3.30. The van der Waals surface area contributed by atoms with E-state index >= 15 is 0 Å². The Hall–Kier alpha value is -4.04. The van der Waals surface area contributed by atoms with Gasteiger partial charge in [0.15, 0.2) is 5.13 Å². The molecule has 0 aliphatic carbocycles. The van der Waals surface area contributed by atoms with Crippen LogP contribution < -0.4 is 5.32 Å². The number of nitrogens with one attached hydrogen (secondary N) is 1. The Bertz CT molecular complexity index is 1460. The number of amides is 1. The van der Waals surface area contributed by atoms with Crippen LogP contribution in [0.2, 0.25) is 0 Å². The van der Waals surface area contributed by atoms with Gasteiger partial charge in [0.1, 0.15) is 5.65 Å². The number of pyridine rings is 1. The lowest BCUT2D eigenvalue weighted by molar-refractivity contribution is 0.0526. The maximum atomic E-state index is 12.8. The second-order valence-corrected chi connectivity index (χ2v) is 8.08. The Kier molecular flexibility index (Phi) is 5.12. The van der Waals surface area contributed by atoms with Crippen LogP contribution in [0.3, 0.4) is 0 Å². The number of benzene rings is 2. The molecule has 5 rings (SSSR count). The molecule has 158 valence electrons. The van der Waals surface area contributed by atoms with Gasteiger partial charge in [0, 0.05) is 23.5 Å². The molecule has 0 saturated carbocycles. The monoisotopic (exact) mass is 442 g/mol. The number of fused-ring (bicyclic) bond motifs is 2. The minimum absolute atomic E-state index is 0.276. The van der Waals surface area contributed by atoms with Crippen LogP contribution >= 0.6 is 11.3 Å². The van der Waals surface area contributed by atoms with Crippen LogP contribution in [0.5, 0.6) is 0 Å². The molecule has 0 saturated heterocycles. The molecular formula is C24H18N4O3S. The Labute approximate surface area is 187 Å². The van der Waals surface area contributed by atoms with Gasteiger partial charge in [0.05, 0.1) is 28.1 Å². The smallest absolute Gasteiger partial charge is 0.338 e. The SMILES string of the molecule is CCOC(=O)c1ccc2nc(NC(=O)c3ccn4cc(-c5ccccc5)nc4c3)sc2c1. The zero-order chi connectivity index (χ0) is 22.1. The van der Waals surface area contributed by atoms with E-state index in [2.05, 4.69) is 15.3 Å². The van der Waals surface area contributed by atoms with Crippen molar-refractivity contribution in [1.82, 2.24) is 14.4 Å². The molecule has 0 aliphatic rings. The maximum absolute atomic E-state index is 12.8. The number of esters is 1. The van der Waals surface area contributed by atoms with Crippen molar-refractivity contribution in [3.05, 3.63) is 84.2 Å². The number of aromatic nitrogens is 3. The fourth-order valence-electron chi connectivity index (χ4n) is 3.36. The molecule has 0 atom stereocenters. The molecule has 2 aromatic carbocycles. The van der Waals surface area contributed by atoms with Crippen molar-refractivity contribution in [2.75, 3.05) is 11.9 Å². The number of anilines is 1. The predicted octanol–water partition coefficient (Wildman–Crippen LogP) is 5.04. The fourth-order valence-corrected chi connectivity index (χ4v) is 4.26. The number of hydrogen-bond acceptors (Lipinski definition) is 6. The molecule has 8 heteroatoms. The van der Waals surface area contributed by atoms with Gasteiger partial charge < -0.3 is 9.14 Å². The summed E-state index contributed by atoms with van der Waals surface area (Å²) in [7, 11) is 0. The Morgan fingerprint density at radius 2 is 1.88 bits per heavy atom. The van der Waals surface area contributed by atoms with Crippen LogP contribution in [0.25, 0.3) is 27.1 Å². The minimum atomic E-state index is -0.378. The summed E-state index contributed by atoms with van der Waals surface area (Å²) in [4.78, 5) is 33.8. The number of thiazole rings is 1. The van der Waals surface area contributed by atoms with Crippen molar-refractivity contribution in [2.45, 2.75) is 6.92 Å². The first-order valence-corrected chi connectivity index (χ1v) is 10.9. The summed E-state index contributed by atoms with van der Waals surface area (Å²) >= 11 is 1.30. The topological polar surface area (TPSA) is 85.6 Å². The Morgan fingerprint density at radius 3 is 2.69 bits per heavy atom. The normalized spacial score (nSPS) is 11.0. The lowest BCUT2D eigenvalue weighted by Crippen LogP contribution is -2.11. The molecular weight excluding hydrogens is 424 g/mol. The third-order valence-corrected chi connectivity index (χ3v) is 5.85. The van der Waals surface area contributed by atoms with Crippen molar-refractivity contribution in [3.8, 4) is 11.3 Å². The van der Waals surface area contributed by atoms with E-state index in [1.807, 2.05) is 47.1 Å². The third-order valence-electron chi connectivity index (χ3n) is 4.91. The number of imidazole rings is 1. The predicted molar refractivity (Wildman–Crippen MR) is 124 cm³/mol. The molecule has 7 nitrogen and oxygen atoms in total. The van der Waals surface area contributed by atoms with E-state index in [0.717, 1.165) is 16.0 Å². The van der Waals surface area contributed by atoms with E-state index in [0.29, 0.717) is 34.0 Å². The molecule has 0 fully saturated rings. The Balaban J connectivity index is 1.38. The number of carbonyl (C=O) groups is 2. The largest absolute Gasteiger partial charge is 0.462 e. The molecule has 0 spiro atoms. The highest BCUT2D eigenvalue weighted by molar-refractivity contribution is 7.22. The van der Waals surface area contributed by atoms with E-state index in [-0.39, 0.29) is 11.9 Å². The van der Waals surface area contributed by atoms with E-state index in [1.165, 1.54) is 11.3 Å². The highest BCUT2D eigenvalue weighted by Gasteiger charge is 2.14. The van der Waals surface area contributed by atoms with Gasteiger partial charge in [0.2, 0.25) is 0 Å². The lowest BCUT2D eigenvalue weighted by Gasteiger charge is -2.02. The fraction of sp³-hybridized carbons (Fsp3) is 0.0833. The Morgan fingerprint density at radius 1 is 1.03 bits per heavy atom. The van der Waals surface area contributed by atoms with Crippen molar-refractivity contribution >= 4 is 44.2 Å². The molecule has 0 bridgehead atoms. The lowest BCUT2D eigenvalue weighted by atomic mass is 10.2.